The SMILES string of the molecule is CNC(=O)[C@@H](C)N(Cc1cccc(Br)c1)C(=O)Cc1c(Cl)cccc1Cl. The lowest BCUT2D eigenvalue weighted by atomic mass is 10.1. The van der Waals surface area contributed by atoms with Crippen molar-refractivity contribution in [1.29, 1.82) is 0 Å². The molecule has 2 rings (SSSR count). The normalized spacial score (nSPS) is 11.7. The first-order valence-electron chi connectivity index (χ1n) is 8.02. The van der Waals surface area contributed by atoms with E-state index in [1.54, 1.807) is 32.2 Å². The summed E-state index contributed by atoms with van der Waals surface area (Å²) in [6, 6.07) is 12.1. The monoisotopic (exact) mass is 456 g/mol. The third-order valence-electron chi connectivity index (χ3n) is 4.05. The molecule has 0 saturated heterocycles. The highest BCUT2D eigenvalue weighted by Crippen LogP contribution is 2.26. The van der Waals surface area contributed by atoms with E-state index in [4.69, 9.17) is 23.2 Å². The van der Waals surface area contributed by atoms with Crippen LogP contribution >= 0.6 is 39.1 Å². The van der Waals surface area contributed by atoms with Crippen LogP contribution in [0, 0.1) is 0 Å². The van der Waals surface area contributed by atoms with Crippen molar-refractivity contribution in [3.05, 3.63) is 68.1 Å². The van der Waals surface area contributed by atoms with Gasteiger partial charge in [0.15, 0.2) is 0 Å². The average molecular weight is 458 g/mol. The van der Waals surface area contributed by atoms with Crippen molar-refractivity contribution in [2.45, 2.75) is 25.9 Å². The van der Waals surface area contributed by atoms with E-state index in [-0.39, 0.29) is 18.2 Å². The molecule has 138 valence electrons. The van der Waals surface area contributed by atoms with E-state index < -0.39 is 6.04 Å². The molecule has 0 heterocycles. The van der Waals surface area contributed by atoms with Gasteiger partial charge in [-0.1, -0.05) is 57.3 Å². The summed E-state index contributed by atoms with van der Waals surface area (Å²) in [6.45, 7) is 2.00. The lowest BCUT2D eigenvalue weighted by Gasteiger charge is -2.28. The number of halogens is 3. The Labute approximate surface area is 171 Å². The average Bonchev–Trinajstić information content (AvgIpc) is 2.61. The van der Waals surface area contributed by atoms with E-state index in [1.807, 2.05) is 24.3 Å². The zero-order chi connectivity index (χ0) is 19.3. The van der Waals surface area contributed by atoms with Gasteiger partial charge in [0, 0.05) is 28.1 Å². The van der Waals surface area contributed by atoms with Crippen molar-refractivity contribution in [2.24, 2.45) is 0 Å². The quantitative estimate of drug-likeness (QED) is 0.695. The number of benzene rings is 2. The molecule has 1 atom stereocenters. The summed E-state index contributed by atoms with van der Waals surface area (Å²) in [7, 11) is 1.55. The highest BCUT2D eigenvalue weighted by atomic mass is 79.9. The van der Waals surface area contributed by atoms with E-state index in [2.05, 4.69) is 21.2 Å². The molecule has 0 aliphatic rings. The van der Waals surface area contributed by atoms with Gasteiger partial charge < -0.3 is 10.2 Å². The summed E-state index contributed by atoms with van der Waals surface area (Å²) < 4.78 is 0.907. The summed E-state index contributed by atoms with van der Waals surface area (Å²) in [5, 5.41) is 3.45. The zero-order valence-corrected chi connectivity index (χ0v) is 17.5. The summed E-state index contributed by atoms with van der Waals surface area (Å²) in [5.74, 6) is -0.463. The largest absolute Gasteiger partial charge is 0.357 e. The molecule has 2 aromatic carbocycles. The van der Waals surface area contributed by atoms with Gasteiger partial charge in [-0.15, -0.1) is 0 Å². The smallest absolute Gasteiger partial charge is 0.242 e. The fourth-order valence-corrected chi connectivity index (χ4v) is 3.56. The van der Waals surface area contributed by atoms with Crippen molar-refractivity contribution in [3.63, 3.8) is 0 Å². The van der Waals surface area contributed by atoms with Crippen LogP contribution in [0.1, 0.15) is 18.1 Å². The molecule has 0 spiro atoms. The molecule has 7 heteroatoms. The summed E-state index contributed by atoms with van der Waals surface area (Å²) in [5.41, 5.74) is 1.47. The number of nitrogens with zero attached hydrogens (tertiary/aromatic N) is 1. The second kappa shape index (κ2) is 9.40. The number of amides is 2. The van der Waals surface area contributed by atoms with Crippen molar-refractivity contribution in [3.8, 4) is 0 Å². The standard InChI is InChI=1S/C19H19BrCl2N2O2/c1-12(19(26)23-2)24(11-13-5-3-6-14(20)9-13)18(25)10-15-16(21)7-4-8-17(15)22/h3-9,12H,10-11H2,1-2H3,(H,23,26)/t12-/m1/s1. The maximum absolute atomic E-state index is 13.0. The molecule has 26 heavy (non-hydrogen) atoms. The molecule has 1 N–H and O–H groups in total. The highest BCUT2D eigenvalue weighted by Gasteiger charge is 2.26. The van der Waals surface area contributed by atoms with E-state index in [9.17, 15) is 9.59 Å². The van der Waals surface area contributed by atoms with Crippen LogP contribution in [-0.2, 0) is 22.6 Å². The van der Waals surface area contributed by atoms with Crippen LogP contribution < -0.4 is 5.32 Å². The Kier molecular flexibility index (Phi) is 7.50. The first kappa shape index (κ1) is 20.7. The molecular formula is C19H19BrCl2N2O2. The van der Waals surface area contributed by atoms with Gasteiger partial charge >= 0.3 is 0 Å². The minimum absolute atomic E-state index is 0.0217. The van der Waals surface area contributed by atoms with Gasteiger partial charge in [-0.2, -0.15) is 0 Å². The third-order valence-corrected chi connectivity index (χ3v) is 5.25. The molecule has 0 unspecified atom stereocenters. The van der Waals surface area contributed by atoms with Crippen LogP contribution in [0.5, 0.6) is 0 Å². The van der Waals surface area contributed by atoms with Crippen LogP contribution in [0.2, 0.25) is 10.0 Å². The highest BCUT2D eigenvalue weighted by molar-refractivity contribution is 9.10. The van der Waals surface area contributed by atoms with Gasteiger partial charge in [-0.25, -0.2) is 0 Å². The Balaban J connectivity index is 2.30. The number of carbonyl (C=O) groups excluding carboxylic acids is 2. The van der Waals surface area contributed by atoms with E-state index in [0.717, 1.165) is 10.0 Å². The second-order valence-electron chi connectivity index (χ2n) is 5.82. The minimum atomic E-state index is -0.632. The Bertz CT molecular complexity index is 794. The van der Waals surface area contributed by atoms with Crippen LogP contribution in [0.4, 0.5) is 0 Å². The Hall–Kier alpha value is -1.56. The Morgan fingerprint density at radius 2 is 1.77 bits per heavy atom. The number of rotatable bonds is 6. The fraction of sp³-hybridized carbons (Fsp3) is 0.263. The number of hydrogen-bond donors (Lipinski definition) is 1. The van der Waals surface area contributed by atoms with Crippen molar-refractivity contribution < 1.29 is 9.59 Å². The molecule has 0 aromatic heterocycles. The first-order chi connectivity index (χ1) is 12.3. The van der Waals surface area contributed by atoms with Crippen LogP contribution in [0.3, 0.4) is 0 Å². The molecule has 0 bridgehead atoms. The molecule has 0 fully saturated rings. The lowest BCUT2D eigenvalue weighted by Crippen LogP contribution is -2.47. The topological polar surface area (TPSA) is 49.4 Å². The molecule has 0 saturated carbocycles. The van der Waals surface area contributed by atoms with E-state index in [0.29, 0.717) is 22.2 Å². The van der Waals surface area contributed by atoms with Crippen molar-refractivity contribution in [1.82, 2.24) is 10.2 Å². The van der Waals surface area contributed by atoms with Gasteiger partial charge in [0.05, 0.1) is 6.42 Å². The Morgan fingerprint density at radius 1 is 1.15 bits per heavy atom. The van der Waals surface area contributed by atoms with Crippen LogP contribution in [0.25, 0.3) is 0 Å². The van der Waals surface area contributed by atoms with Gasteiger partial charge in [0.2, 0.25) is 11.8 Å². The molecular weight excluding hydrogens is 439 g/mol. The minimum Gasteiger partial charge on any atom is -0.357 e. The van der Waals surface area contributed by atoms with Gasteiger partial charge in [-0.05, 0) is 42.3 Å². The number of carbonyl (C=O) groups is 2. The van der Waals surface area contributed by atoms with Crippen LogP contribution in [-0.4, -0.2) is 29.8 Å². The predicted octanol–water partition coefficient (Wildman–Crippen LogP) is 4.46. The molecule has 2 aromatic rings. The van der Waals surface area contributed by atoms with Crippen molar-refractivity contribution >= 4 is 50.9 Å². The third kappa shape index (κ3) is 5.22. The second-order valence-corrected chi connectivity index (χ2v) is 7.55. The van der Waals surface area contributed by atoms with Crippen molar-refractivity contribution in [2.75, 3.05) is 7.05 Å². The predicted molar refractivity (Wildman–Crippen MR) is 108 cm³/mol. The molecule has 2 amide bonds. The van der Waals surface area contributed by atoms with Gasteiger partial charge in [0.25, 0.3) is 0 Å². The Morgan fingerprint density at radius 3 is 2.35 bits per heavy atom. The van der Waals surface area contributed by atoms with E-state index >= 15 is 0 Å². The summed E-state index contributed by atoms with van der Waals surface area (Å²) in [4.78, 5) is 26.6. The lowest BCUT2D eigenvalue weighted by molar-refractivity contribution is -0.139. The van der Waals surface area contributed by atoms with Gasteiger partial charge in [0.1, 0.15) is 6.04 Å². The number of likely N-dealkylation sites (N-methyl/N-ethyl adjacent to an activating group) is 1. The summed E-state index contributed by atoms with van der Waals surface area (Å²) in [6.07, 6.45) is 0.0217. The van der Waals surface area contributed by atoms with Gasteiger partial charge in [-0.3, -0.25) is 9.59 Å². The summed E-state index contributed by atoms with van der Waals surface area (Å²) >= 11 is 15.8. The maximum atomic E-state index is 13.0. The fourth-order valence-electron chi connectivity index (χ4n) is 2.58. The molecule has 0 aliphatic heterocycles. The molecule has 4 nitrogen and oxygen atoms in total. The van der Waals surface area contributed by atoms with E-state index in [1.165, 1.54) is 4.90 Å². The molecule has 0 aliphatic carbocycles. The zero-order valence-electron chi connectivity index (χ0n) is 14.4. The molecule has 0 radical (unpaired) electrons. The number of hydrogen-bond acceptors (Lipinski definition) is 2. The maximum Gasteiger partial charge on any atom is 0.242 e. The van der Waals surface area contributed by atoms with Crippen LogP contribution in [0.15, 0.2) is 46.9 Å². The number of nitrogens with one attached hydrogen (secondary N) is 1. The first-order valence-corrected chi connectivity index (χ1v) is 9.56.